The lowest BCUT2D eigenvalue weighted by atomic mass is 9.90. The Morgan fingerprint density at radius 1 is 1.35 bits per heavy atom. The van der Waals surface area contributed by atoms with Crippen LogP contribution in [0.15, 0.2) is 28.8 Å². The second-order valence-corrected chi connectivity index (χ2v) is 6.22. The predicted molar refractivity (Wildman–Crippen MR) is 90.6 cm³/mol. The number of benzene rings is 1. The van der Waals surface area contributed by atoms with Gasteiger partial charge in [-0.3, -0.25) is 4.90 Å². The third kappa shape index (κ3) is 4.02. The number of likely N-dealkylation sites (tertiary alicyclic amines) is 1. The molecule has 126 valence electrons. The van der Waals surface area contributed by atoms with Crippen molar-refractivity contribution in [2.45, 2.75) is 19.9 Å². The molecule has 6 nitrogen and oxygen atoms in total. The maximum Gasteiger partial charge on any atom is 0.241 e. The molecule has 1 saturated heterocycles. The molecule has 1 atom stereocenters. The Bertz CT molecular complexity index is 631. The summed E-state index contributed by atoms with van der Waals surface area (Å²) in [4.78, 5) is 6.80. The van der Waals surface area contributed by atoms with E-state index in [4.69, 9.17) is 15.0 Å². The molecule has 2 aromatic rings. The van der Waals surface area contributed by atoms with Crippen LogP contribution in [0.25, 0.3) is 11.4 Å². The quantitative estimate of drug-likeness (QED) is 0.901. The summed E-state index contributed by atoms with van der Waals surface area (Å²) < 4.78 is 10.5. The minimum Gasteiger partial charge on any atom is -0.497 e. The molecule has 1 aromatic carbocycles. The smallest absolute Gasteiger partial charge is 0.241 e. The van der Waals surface area contributed by atoms with Gasteiger partial charge >= 0.3 is 0 Å². The topological polar surface area (TPSA) is 77.4 Å². The lowest BCUT2D eigenvalue weighted by Gasteiger charge is -2.21. The highest BCUT2D eigenvalue weighted by molar-refractivity contribution is 5.85. The molecule has 0 amide bonds. The first-order valence-corrected chi connectivity index (χ1v) is 7.51. The van der Waals surface area contributed by atoms with E-state index in [-0.39, 0.29) is 17.8 Å². The number of rotatable bonds is 5. The summed E-state index contributed by atoms with van der Waals surface area (Å²) in [6.07, 6.45) is 1.11. The number of hydrogen-bond donors (Lipinski definition) is 1. The van der Waals surface area contributed by atoms with Gasteiger partial charge in [-0.05, 0) is 49.2 Å². The van der Waals surface area contributed by atoms with E-state index in [0.29, 0.717) is 24.8 Å². The maximum absolute atomic E-state index is 5.84. The van der Waals surface area contributed by atoms with Gasteiger partial charge in [-0.25, -0.2) is 0 Å². The molecule has 2 heterocycles. The fourth-order valence-corrected chi connectivity index (χ4v) is 2.80. The molecule has 0 aliphatic carbocycles. The van der Waals surface area contributed by atoms with Crippen LogP contribution >= 0.6 is 12.4 Å². The van der Waals surface area contributed by atoms with Gasteiger partial charge in [-0.1, -0.05) is 12.1 Å². The number of halogens is 1. The van der Waals surface area contributed by atoms with Gasteiger partial charge in [0.2, 0.25) is 11.7 Å². The number of hydrogen-bond acceptors (Lipinski definition) is 6. The van der Waals surface area contributed by atoms with Crippen LogP contribution in [0, 0.1) is 5.41 Å². The van der Waals surface area contributed by atoms with E-state index in [1.165, 1.54) is 0 Å². The Balaban J connectivity index is 0.00000192. The van der Waals surface area contributed by atoms with Crippen molar-refractivity contribution in [3.8, 4) is 17.1 Å². The van der Waals surface area contributed by atoms with E-state index in [0.717, 1.165) is 30.8 Å². The third-order valence-corrected chi connectivity index (χ3v) is 4.30. The largest absolute Gasteiger partial charge is 0.497 e. The molecule has 1 aromatic heterocycles. The SMILES string of the molecule is COc1ccc(-c2noc(CN3CCC(C)(CN)C3)n2)cc1.Cl. The Hall–Kier alpha value is -1.63. The average Bonchev–Trinajstić information content (AvgIpc) is 3.16. The van der Waals surface area contributed by atoms with E-state index in [1.54, 1.807) is 7.11 Å². The van der Waals surface area contributed by atoms with Crippen molar-refractivity contribution in [2.24, 2.45) is 11.1 Å². The average molecular weight is 339 g/mol. The number of aromatic nitrogens is 2. The zero-order valence-electron chi connectivity index (χ0n) is 13.5. The van der Waals surface area contributed by atoms with Gasteiger partial charge in [-0.15, -0.1) is 12.4 Å². The summed E-state index contributed by atoms with van der Waals surface area (Å²) in [7, 11) is 1.65. The van der Waals surface area contributed by atoms with Crippen LogP contribution < -0.4 is 10.5 Å². The summed E-state index contributed by atoms with van der Waals surface area (Å²) in [5.74, 6) is 2.07. The van der Waals surface area contributed by atoms with Crippen LogP contribution in [0.3, 0.4) is 0 Å². The minimum atomic E-state index is 0. The Kier molecular flexibility index (Phi) is 5.62. The first-order valence-electron chi connectivity index (χ1n) is 7.51. The highest BCUT2D eigenvalue weighted by Crippen LogP contribution is 2.29. The number of nitrogens with zero attached hydrogens (tertiary/aromatic N) is 3. The molecule has 3 rings (SSSR count). The molecule has 0 spiro atoms. The van der Waals surface area contributed by atoms with Gasteiger partial charge in [0.15, 0.2) is 0 Å². The zero-order chi connectivity index (χ0) is 15.6. The van der Waals surface area contributed by atoms with Crippen LogP contribution in [-0.4, -0.2) is 41.8 Å². The molecule has 1 aliphatic rings. The van der Waals surface area contributed by atoms with Gasteiger partial charge in [-0.2, -0.15) is 4.98 Å². The molecular formula is C16H23ClN4O2. The van der Waals surface area contributed by atoms with Crippen LogP contribution in [0.2, 0.25) is 0 Å². The molecule has 23 heavy (non-hydrogen) atoms. The molecule has 1 aliphatic heterocycles. The molecule has 7 heteroatoms. The third-order valence-electron chi connectivity index (χ3n) is 4.30. The van der Waals surface area contributed by atoms with Gasteiger partial charge < -0.3 is 15.0 Å². The van der Waals surface area contributed by atoms with Crippen LogP contribution in [0.1, 0.15) is 19.2 Å². The predicted octanol–water partition coefficient (Wildman–Crippen LogP) is 2.34. The first-order chi connectivity index (χ1) is 10.6. The molecule has 1 fully saturated rings. The van der Waals surface area contributed by atoms with Gasteiger partial charge in [0.25, 0.3) is 0 Å². The standard InChI is InChI=1S/C16H22N4O2.ClH/c1-16(10-17)7-8-20(11-16)9-14-18-15(19-22-14)12-3-5-13(21-2)6-4-12;/h3-6H,7-11,17H2,1-2H3;1H. The van der Waals surface area contributed by atoms with Crippen molar-refractivity contribution in [3.05, 3.63) is 30.2 Å². The summed E-state index contributed by atoms with van der Waals surface area (Å²) in [6, 6.07) is 7.63. The summed E-state index contributed by atoms with van der Waals surface area (Å²) in [6.45, 7) is 5.62. The van der Waals surface area contributed by atoms with Gasteiger partial charge in [0.05, 0.1) is 13.7 Å². The second-order valence-electron chi connectivity index (χ2n) is 6.22. The molecule has 0 saturated carbocycles. The van der Waals surface area contributed by atoms with Crippen LogP contribution in [-0.2, 0) is 6.54 Å². The van der Waals surface area contributed by atoms with Gasteiger partial charge in [0.1, 0.15) is 5.75 Å². The van der Waals surface area contributed by atoms with Crippen molar-refractivity contribution in [1.82, 2.24) is 15.0 Å². The van der Waals surface area contributed by atoms with Crippen LogP contribution in [0.5, 0.6) is 5.75 Å². The fourth-order valence-electron chi connectivity index (χ4n) is 2.80. The molecular weight excluding hydrogens is 316 g/mol. The Morgan fingerprint density at radius 3 is 2.70 bits per heavy atom. The van der Waals surface area contributed by atoms with Crippen molar-refractivity contribution >= 4 is 12.4 Å². The highest BCUT2D eigenvalue weighted by atomic mass is 35.5. The Morgan fingerprint density at radius 2 is 2.09 bits per heavy atom. The normalized spacial score (nSPS) is 21.2. The molecule has 0 bridgehead atoms. The molecule has 2 N–H and O–H groups in total. The second kappa shape index (κ2) is 7.29. The van der Waals surface area contributed by atoms with E-state index in [2.05, 4.69) is 22.0 Å². The molecule has 0 radical (unpaired) electrons. The lowest BCUT2D eigenvalue weighted by Crippen LogP contribution is -2.31. The summed E-state index contributed by atoms with van der Waals surface area (Å²) >= 11 is 0. The number of ether oxygens (including phenoxy) is 1. The first kappa shape index (κ1) is 17.7. The van der Waals surface area contributed by atoms with E-state index >= 15 is 0 Å². The van der Waals surface area contributed by atoms with Crippen molar-refractivity contribution in [1.29, 1.82) is 0 Å². The van der Waals surface area contributed by atoms with Crippen LogP contribution in [0.4, 0.5) is 0 Å². The molecule has 1 unspecified atom stereocenters. The van der Waals surface area contributed by atoms with Crippen molar-refractivity contribution in [2.75, 3.05) is 26.7 Å². The zero-order valence-corrected chi connectivity index (χ0v) is 14.3. The van der Waals surface area contributed by atoms with E-state index < -0.39 is 0 Å². The van der Waals surface area contributed by atoms with E-state index in [9.17, 15) is 0 Å². The maximum atomic E-state index is 5.84. The fraction of sp³-hybridized carbons (Fsp3) is 0.500. The Labute approximate surface area is 142 Å². The summed E-state index contributed by atoms with van der Waals surface area (Å²) in [5, 5.41) is 4.06. The number of nitrogens with two attached hydrogens (primary N) is 1. The lowest BCUT2D eigenvalue weighted by molar-refractivity contribution is 0.239. The highest BCUT2D eigenvalue weighted by Gasteiger charge is 2.33. The summed E-state index contributed by atoms with van der Waals surface area (Å²) in [5.41, 5.74) is 6.97. The van der Waals surface area contributed by atoms with E-state index in [1.807, 2.05) is 24.3 Å². The van der Waals surface area contributed by atoms with Crippen molar-refractivity contribution in [3.63, 3.8) is 0 Å². The monoisotopic (exact) mass is 338 g/mol. The number of methoxy groups -OCH3 is 1. The van der Waals surface area contributed by atoms with Gasteiger partial charge in [0, 0.05) is 12.1 Å². The minimum absolute atomic E-state index is 0. The van der Waals surface area contributed by atoms with Crippen molar-refractivity contribution < 1.29 is 9.26 Å².